The summed E-state index contributed by atoms with van der Waals surface area (Å²) in [5.74, 6) is 0. The summed E-state index contributed by atoms with van der Waals surface area (Å²) < 4.78 is 0. The Kier molecular flexibility index (Phi) is 5.31. The van der Waals surface area contributed by atoms with Gasteiger partial charge in [-0.3, -0.25) is 0 Å². The third-order valence-electron chi connectivity index (χ3n) is 1.64. The standard InChI is InChI=1S/C6H16N2O4/c7-1-3(8)5(11)6(12)4(10)2-9/h3-6,9-12H,1-2,7-8H2/t3-,4+,5+,6+/m0/s1. The Labute approximate surface area is 70.4 Å². The summed E-state index contributed by atoms with van der Waals surface area (Å²) in [6.07, 6.45) is -4.18. The van der Waals surface area contributed by atoms with Crippen LogP contribution in [0.25, 0.3) is 0 Å². The summed E-state index contributed by atoms with van der Waals surface area (Å²) in [6.45, 7) is -0.633. The lowest BCUT2D eigenvalue weighted by molar-refractivity contribution is -0.0823. The van der Waals surface area contributed by atoms with Crippen LogP contribution in [0.3, 0.4) is 0 Å². The highest BCUT2D eigenvalue weighted by atomic mass is 16.4. The number of aliphatic hydroxyl groups excluding tert-OH is 4. The Morgan fingerprint density at radius 1 is 1.08 bits per heavy atom. The van der Waals surface area contributed by atoms with Crippen LogP contribution >= 0.6 is 0 Å². The van der Waals surface area contributed by atoms with E-state index in [1.165, 1.54) is 0 Å². The van der Waals surface area contributed by atoms with Gasteiger partial charge in [0.25, 0.3) is 0 Å². The zero-order valence-corrected chi connectivity index (χ0v) is 6.67. The summed E-state index contributed by atoms with van der Waals surface area (Å²) >= 11 is 0. The van der Waals surface area contributed by atoms with Crippen LogP contribution in [0.4, 0.5) is 0 Å². The molecule has 0 saturated heterocycles. The van der Waals surface area contributed by atoms with Crippen LogP contribution in [-0.4, -0.2) is 57.9 Å². The van der Waals surface area contributed by atoms with Gasteiger partial charge >= 0.3 is 0 Å². The van der Waals surface area contributed by atoms with Gasteiger partial charge in [-0.1, -0.05) is 0 Å². The van der Waals surface area contributed by atoms with Crippen molar-refractivity contribution >= 4 is 0 Å². The molecule has 0 fully saturated rings. The van der Waals surface area contributed by atoms with E-state index in [1.54, 1.807) is 0 Å². The molecule has 0 rings (SSSR count). The molecule has 0 heterocycles. The van der Waals surface area contributed by atoms with Crippen molar-refractivity contribution in [3.05, 3.63) is 0 Å². The maximum atomic E-state index is 9.16. The molecule has 0 aliphatic heterocycles. The van der Waals surface area contributed by atoms with E-state index < -0.39 is 31.0 Å². The lowest BCUT2D eigenvalue weighted by Gasteiger charge is -2.25. The smallest absolute Gasteiger partial charge is 0.110 e. The van der Waals surface area contributed by atoms with Crippen LogP contribution in [0.2, 0.25) is 0 Å². The van der Waals surface area contributed by atoms with E-state index in [0.717, 1.165) is 0 Å². The first-order valence-corrected chi connectivity index (χ1v) is 3.65. The highest BCUT2D eigenvalue weighted by Gasteiger charge is 2.27. The van der Waals surface area contributed by atoms with E-state index >= 15 is 0 Å². The highest BCUT2D eigenvalue weighted by Crippen LogP contribution is 2.02. The fourth-order valence-electron chi connectivity index (χ4n) is 0.728. The monoisotopic (exact) mass is 180 g/mol. The molecular formula is C6H16N2O4. The van der Waals surface area contributed by atoms with Crippen molar-refractivity contribution in [1.29, 1.82) is 0 Å². The molecule has 0 aromatic rings. The molecule has 4 atom stereocenters. The summed E-state index contributed by atoms with van der Waals surface area (Å²) in [6, 6.07) is -0.804. The van der Waals surface area contributed by atoms with Crippen LogP contribution in [0.15, 0.2) is 0 Å². The van der Waals surface area contributed by atoms with Crippen LogP contribution in [-0.2, 0) is 0 Å². The first-order valence-electron chi connectivity index (χ1n) is 3.65. The van der Waals surface area contributed by atoms with Crippen molar-refractivity contribution < 1.29 is 20.4 Å². The minimum absolute atomic E-state index is 0.00360. The van der Waals surface area contributed by atoms with Crippen molar-refractivity contribution in [2.24, 2.45) is 11.5 Å². The molecule has 74 valence electrons. The van der Waals surface area contributed by atoms with Crippen molar-refractivity contribution in [1.82, 2.24) is 0 Å². The fourth-order valence-corrected chi connectivity index (χ4v) is 0.728. The van der Waals surface area contributed by atoms with Gasteiger partial charge < -0.3 is 31.9 Å². The predicted molar refractivity (Wildman–Crippen MR) is 42.1 cm³/mol. The van der Waals surface area contributed by atoms with Crippen LogP contribution < -0.4 is 11.5 Å². The molecule has 0 unspecified atom stereocenters. The maximum absolute atomic E-state index is 9.16. The molecule has 12 heavy (non-hydrogen) atoms. The van der Waals surface area contributed by atoms with Gasteiger partial charge in [0.05, 0.1) is 12.7 Å². The molecule has 0 saturated carbocycles. The normalized spacial score (nSPS) is 21.5. The predicted octanol–water partition coefficient (Wildman–Crippen LogP) is -3.65. The second-order valence-corrected chi connectivity index (χ2v) is 2.63. The Morgan fingerprint density at radius 3 is 1.92 bits per heavy atom. The van der Waals surface area contributed by atoms with E-state index in [2.05, 4.69) is 0 Å². The van der Waals surface area contributed by atoms with Gasteiger partial charge in [-0.25, -0.2) is 0 Å². The Hall–Kier alpha value is -0.240. The summed E-state index contributed by atoms with van der Waals surface area (Å²) in [5, 5.41) is 35.6. The van der Waals surface area contributed by atoms with E-state index in [9.17, 15) is 0 Å². The molecule has 0 aromatic carbocycles. The Morgan fingerprint density at radius 2 is 1.58 bits per heavy atom. The largest absolute Gasteiger partial charge is 0.394 e. The van der Waals surface area contributed by atoms with Gasteiger partial charge in [0.1, 0.15) is 12.2 Å². The number of nitrogens with two attached hydrogens (primary N) is 2. The molecule has 8 N–H and O–H groups in total. The topological polar surface area (TPSA) is 133 Å². The highest BCUT2D eigenvalue weighted by molar-refractivity contribution is 4.83. The SMILES string of the molecule is NC[C@H](N)[C@@H](O)[C@H](O)[C@H](O)CO. The Balaban J connectivity index is 3.99. The molecule has 0 aromatic heterocycles. The molecule has 0 aliphatic rings. The number of rotatable bonds is 5. The van der Waals surface area contributed by atoms with Gasteiger partial charge in [0, 0.05) is 12.6 Å². The van der Waals surface area contributed by atoms with Crippen molar-refractivity contribution in [3.63, 3.8) is 0 Å². The van der Waals surface area contributed by atoms with Crippen molar-refractivity contribution in [3.8, 4) is 0 Å². The van der Waals surface area contributed by atoms with Gasteiger partial charge in [-0.05, 0) is 0 Å². The summed E-state index contributed by atoms with van der Waals surface area (Å²) in [4.78, 5) is 0. The average Bonchev–Trinajstić information content (AvgIpc) is 2.12. The molecular weight excluding hydrogens is 164 g/mol. The Bertz CT molecular complexity index is 110. The molecule has 0 amide bonds. The minimum Gasteiger partial charge on any atom is -0.394 e. The minimum atomic E-state index is -1.46. The quantitative estimate of drug-likeness (QED) is 0.258. The summed E-state index contributed by atoms with van der Waals surface area (Å²) in [5.41, 5.74) is 10.4. The lowest BCUT2D eigenvalue weighted by Crippen LogP contribution is -2.52. The molecule has 0 radical (unpaired) electrons. The third kappa shape index (κ3) is 3.02. The maximum Gasteiger partial charge on any atom is 0.110 e. The zero-order valence-electron chi connectivity index (χ0n) is 6.67. The number of aliphatic hydroxyl groups is 4. The van der Waals surface area contributed by atoms with Gasteiger partial charge in [0.2, 0.25) is 0 Å². The van der Waals surface area contributed by atoms with E-state index in [4.69, 9.17) is 31.9 Å². The summed E-state index contributed by atoms with van der Waals surface area (Å²) in [7, 11) is 0. The number of hydrogen-bond donors (Lipinski definition) is 6. The van der Waals surface area contributed by atoms with Crippen molar-refractivity contribution in [2.45, 2.75) is 24.4 Å². The van der Waals surface area contributed by atoms with Crippen molar-refractivity contribution in [2.75, 3.05) is 13.2 Å². The molecule has 0 spiro atoms. The van der Waals surface area contributed by atoms with E-state index in [-0.39, 0.29) is 6.54 Å². The molecule has 0 bridgehead atoms. The fraction of sp³-hybridized carbons (Fsp3) is 1.00. The van der Waals surface area contributed by atoms with Gasteiger partial charge in [-0.2, -0.15) is 0 Å². The molecule has 0 aliphatic carbocycles. The lowest BCUT2D eigenvalue weighted by atomic mass is 10.0. The van der Waals surface area contributed by atoms with Gasteiger partial charge in [-0.15, -0.1) is 0 Å². The number of hydrogen-bond acceptors (Lipinski definition) is 6. The third-order valence-corrected chi connectivity index (χ3v) is 1.64. The van der Waals surface area contributed by atoms with Crippen LogP contribution in [0.1, 0.15) is 0 Å². The van der Waals surface area contributed by atoms with E-state index in [1.807, 2.05) is 0 Å². The van der Waals surface area contributed by atoms with Crippen LogP contribution in [0, 0.1) is 0 Å². The molecule has 6 nitrogen and oxygen atoms in total. The second kappa shape index (κ2) is 5.41. The molecule has 6 heteroatoms. The first kappa shape index (κ1) is 11.8. The van der Waals surface area contributed by atoms with E-state index in [0.29, 0.717) is 0 Å². The first-order chi connectivity index (χ1) is 5.54. The van der Waals surface area contributed by atoms with Crippen LogP contribution in [0.5, 0.6) is 0 Å². The average molecular weight is 180 g/mol. The zero-order chi connectivity index (χ0) is 9.72. The second-order valence-electron chi connectivity index (χ2n) is 2.63. The van der Waals surface area contributed by atoms with Gasteiger partial charge in [0.15, 0.2) is 0 Å².